The van der Waals surface area contributed by atoms with Crippen molar-refractivity contribution < 1.29 is 4.79 Å². The molecule has 0 aliphatic rings. The number of hydrogen-bond acceptors (Lipinski definition) is 3. The molecule has 0 aliphatic carbocycles. The number of benzene rings is 1. The Morgan fingerprint density at radius 3 is 2.71 bits per heavy atom. The summed E-state index contributed by atoms with van der Waals surface area (Å²) in [5.41, 5.74) is 2.91. The monoisotopic (exact) mass is 318 g/mol. The molecule has 1 amide bonds. The molecule has 0 radical (unpaired) electrons. The molecule has 5 nitrogen and oxygen atoms in total. The Balaban J connectivity index is 1.50. The molecule has 3 aromatic rings. The van der Waals surface area contributed by atoms with Crippen LogP contribution in [0.25, 0.3) is 6.08 Å². The Labute approximate surface area is 140 Å². The number of nitrogens with one attached hydrogen (secondary N) is 1. The molecule has 0 bridgehead atoms. The van der Waals surface area contributed by atoms with Gasteiger partial charge in [0.25, 0.3) is 0 Å². The third-order valence-corrected chi connectivity index (χ3v) is 3.43. The van der Waals surface area contributed by atoms with E-state index < -0.39 is 0 Å². The van der Waals surface area contributed by atoms with Gasteiger partial charge in [-0.25, -0.2) is 0 Å². The van der Waals surface area contributed by atoms with Gasteiger partial charge in [-0.05, 0) is 23.8 Å². The predicted octanol–water partition coefficient (Wildman–Crippen LogP) is 2.66. The Morgan fingerprint density at radius 1 is 1.08 bits per heavy atom. The smallest absolute Gasteiger partial charge is 0.244 e. The second-order valence-corrected chi connectivity index (χ2v) is 5.34. The number of rotatable bonds is 6. The van der Waals surface area contributed by atoms with Crippen LogP contribution in [0.4, 0.5) is 0 Å². The Hall–Kier alpha value is -3.21. The quantitative estimate of drug-likeness (QED) is 0.711. The van der Waals surface area contributed by atoms with Gasteiger partial charge in [0.1, 0.15) is 0 Å². The zero-order valence-electron chi connectivity index (χ0n) is 13.2. The number of carbonyl (C=O) groups excluding carboxylic acids is 1. The molecule has 120 valence electrons. The number of amides is 1. The molecule has 0 saturated heterocycles. The molecule has 5 heteroatoms. The lowest BCUT2D eigenvalue weighted by molar-refractivity contribution is -0.116. The van der Waals surface area contributed by atoms with Gasteiger partial charge in [-0.15, -0.1) is 0 Å². The Morgan fingerprint density at radius 2 is 1.92 bits per heavy atom. The highest BCUT2D eigenvalue weighted by molar-refractivity contribution is 5.91. The molecule has 0 atom stereocenters. The fourth-order valence-corrected chi connectivity index (χ4v) is 2.24. The van der Waals surface area contributed by atoms with Gasteiger partial charge in [0, 0.05) is 30.6 Å². The first-order valence-electron chi connectivity index (χ1n) is 7.72. The zero-order chi connectivity index (χ0) is 16.6. The van der Waals surface area contributed by atoms with Gasteiger partial charge in [-0.2, -0.15) is 5.10 Å². The second-order valence-electron chi connectivity index (χ2n) is 5.34. The van der Waals surface area contributed by atoms with E-state index in [9.17, 15) is 4.79 Å². The maximum atomic E-state index is 11.8. The molecule has 0 fully saturated rings. The summed E-state index contributed by atoms with van der Waals surface area (Å²) in [6, 6.07) is 15.7. The Bertz CT molecular complexity index is 810. The average Bonchev–Trinajstić information content (AvgIpc) is 3.07. The van der Waals surface area contributed by atoms with Crippen molar-refractivity contribution in [2.75, 3.05) is 0 Å². The van der Waals surface area contributed by atoms with E-state index in [-0.39, 0.29) is 5.91 Å². The number of hydrogen-bond donors (Lipinski definition) is 1. The third kappa shape index (κ3) is 4.64. The number of pyridine rings is 1. The van der Waals surface area contributed by atoms with Crippen molar-refractivity contribution in [3.8, 4) is 0 Å². The van der Waals surface area contributed by atoms with E-state index in [1.807, 2.05) is 47.3 Å². The van der Waals surface area contributed by atoms with Gasteiger partial charge in [-0.3, -0.25) is 14.5 Å². The van der Waals surface area contributed by atoms with Gasteiger partial charge in [0.05, 0.1) is 18.4 Å². The van der Waals surface area contributed by atoms with Crippen LogP contribution in [0.15, 0.2) is 73.2 Å². The van der Waals surface area contributed by atoms with Crippen molar-refractivity contribution in [2.45, 2.75) is 13.1 Å². The first kappa shape index (κ1) is 15.7. The molecule has 0 spiro atoms. The van der Waals surface area contributed by atoms with E-state index in [0.29, 0.717) is 13.1 Å². The van der Waals surface area contributed by atoms with E-state index in [4.69, 9.17) is 0 Å². The summed E-state index contributed by atoms with van der Waals surface area (Å²) < 4.78 is 1.86. The lowest BCUT2D eigenvalue weighted by atomic mass is 10.2. The lowest BCUT2D eigenvalue weighted by Crippen LogP contribution is -2.19. The van der Waals surface area contributed by atoms with E-state index in [1.54, 1.807) is 18.5 Å². The van der Waals surface area contributed by atoms with Crippen LogP contribution in [-0.4, -0.2) is 20.7 Å². The van der Waals surface area contributed by atoms with Crippen LogP contribution in [-0.2, 0) is 17.9 Å². The summed E-state index contributed by atoms with van der Waals surface area (Å²) in [5, 5.41) is 7.16. The third-order valence-electron chi connectivity index (χ3n) is 3.43. The Kier molecular flexibility index (Phi) is 5.14. The van der Waals surface area contributed by atoms with Crippen molar-refractivity contribution in [1.82, 2.24) is 20.1 Å². The summed E-state index contributed by atoms with van der Waals surface area (Å²) in [5.74, 6) is -0.156. The van der Waals surface area contributed by atoms with Crippen LogP contribution in [0.1, 0.15) is 16.8 Å². The largest absolute Gasteiger partial charge is 0.348 e. The number of carbonyl (C=O) groups is 1. The van der Waals surface area contributed by atoms with E-state index in [0.717, 1.165) is 11.3 Å². The van der Waals surface area contributed by atoms with Crippen LogP contribution >= 0.6 is 0 Å². The summed E-state index contributed by atoms with van der Waals surface area (Å²) in [4.78, 5) is 16.0. The van der Waals surface area contributed by atoms with Gasteiger partial charge < -0.3 is 5.32 Å². The van der Waals surface area contributed by atoms with E-state index >= 15 is 0 Å². The van der Waals surface area contributed by atoms with Crippen LogP contribution in [0.5, 0.6) is 0 Å². The van der Waals surface area contributed by atoms with Crippen molar-refractivity contribution in [3.05, 3.63) is 90.0 Å². The van der Waals surface area contributed by atoms with Gasteiger partial charge in [0.15, 0.2) is 0 Å². The summed E-state index contributed by atoms with van der Waals surface area (Å²) >= 11 is 0. The fraction of sp³-hybridized carbons (Fsp3) is 0.105. The van der Waals surface area contributed by atoms with Crippen LogP contribution in [0.2, 0.25) is 0 Å². The highest BCUT2D eigenvalue weighted by Gasteiger charge is 2.01. The molecule has 2 aromatic heterocycles. The first-order chi connectivity index (χ1) is 11.8. The normalized spacial score (nSPS) is 10.8. The van der Waals surface area contributed by atoms with Gasteiger partial charge >= 0.3 is 0 Å². The lowest BCUT2D eigenvalue weighted by Gasteiger charge is -2.01. The minimum Gasteiger partial charge on any atom is -0.348 e. The molecule has 0 saturated carbocycles. The standard InChI is InChI=1S/C19H18N4O/c24-19(10-9-18-8-4-5-11-20-18)21-12-17-13-22-23(15-17)14-16-6-2-1-3-7-16/h1-11,13,15H,12,14H2,(H,21,24). The molecule has 0 aliphatic heterocycles. The van der Waals surface area contributed by atoms with Crippen LogP contribution < -0.4 is 5.32 Å². The molecular formula is C19H18N4O. The van der Waals surface area contributed by atoms with E-state index in [1.165, 1.54) is 11.6 Å². The first-order valence-corrected chi connectivity index (χ1v) is 7.72. The van der Waals surface area contributed by atoms with Crippen LogP contribution in [0.3, 0.4) is 0 Å². The SMILES string of the molecule is O=C(C=Cc1ccccn1)NCc1cnn(Cc2ccccc2)c1. The molecule has 3 rings (SSSR count). The highest BCUT2D eigenvalue weighted by Crippen LogP contribution is 2.04. The highest BCUT2D eigenvalue weighted by atomic mass is 16.1. The van der Waals surface area contributed by atoms with E-state index in [2.05, 4.69) is 27.5 Å². The molecule has 0 unspecified atom stereocenters. The summed E-state index contributed by atoms with van der Waals surface area (Å²) in [6.07, 6.45) is 8.57. The van der Waals surface area contributed by atoms with Crippen molar-refractivity contribution in [3.63, 3.8) is 0 Å². The number of aromatic nitrogens is 3. The fourth-order valence-electron chi connectivity index (χ4n) is 2.24. The topological polar surface area (TPSA) is 59.8 Å². The number of nitrogens with zero attached hydrogens (tertiary/aromatic N) is 3. The minimum atomic E-state index is -0.156. The summed E-state index contributed by atoms with van der Waals surface area (Å²) in [7, 11) is 0. The zero-order valence-corrected chi connectivity index (χ0v) is 13.2. The second kappa shape index (κ2) is 7.87. The molecular weight excluding hydrogens is 300 g/mol. The summed E-state index contributed by atoms with van der Waals surface area (Å²) in [6.45, 7) is 1.16. The molecule has 1 aromatic carbocycles. The molecule has 1 N–H and O–H groups in total. The average molecular weight is 318 g/mol. The van der Waals surface area contributed by atoms with Gasteiger partial charge in [-0.1, -0.05) is 36.4 Å². The van der Waals surface area contributed by atoms with Crippen molar-refractivity contribution in [1.29, 1.82) is 0 Å². The van der Waals surface area contributed by atoms with Gasteiger partial charge in [0.2, 0.25) is 5.91 Å². The predicted molar refractivity (Wildman–Crippen MR) is 92.9 cm³/mol. The van der Waals surface area contributed by atoms with Crippen LogP contribution in [0, 0.1) is 0 Å². The van der Waals surface area contributed by atoms with Crippen molar-refractivity contribution in [2.24, 2.45) is 0 Å². The minimum absolute atomic E-state index is 0.156. The molecule has 2 heterocycles. The maximum absolute atomic E-state index is 11.8. The maximum Gasteiger partial charge on any atom is 0.244 e. The molecule has 24 heavy (non-hydrogen) atoms. The van der Waals surface area contributed by atoms with Crippen molar-refractivity contribution >= 4 is 12.0 Å².